The average Bonchev–Trinajstić information content (AvgIpc) is 3.32. The Hall–Kier alpha value is -4.60. The lowest BCUT2D eigenvalue weighted by atomic mass is 10.1. The quantitative estimate of drug-likeness (QED) is 0.281. The zero-order chi connectivity index (χ0) is 29.9. The minimum atomic E-state index is -1.19. The number of nitriles is 1. The molecule has 0 saturated carbocycles. The van der Waals surface area contributed by atoms with Gasteiger partial charge in [-0.25, -0.2) is 18.6 Å². The van der Waals surface area contributed by atoms with E-state index in [1.165, 1.54) is 24.3 Å². The van der Waals surface area contributed by atoms with Crippen LogP contribution in [0.4, 0.5) is 8.78 Å². The standard InChI is InChI=1S/C31H29F2N5O5/c32-24-12-19(15-34)4-5-20(24)18-42-28-2-1-3-29(36-28)43-22-6-9-37(10-7-22)17-27-35-30-25(33)13-21(31(39)40)14-26(30)38(27)16-23-8-11-41-23/h1-5,12-14,22-23H,6-11,16-18H2,(H,39,40)/t23-/m0/s1. The number of hydrogen-bond donors (Lipinski definition) is 1. The Morgan fingerprint density at radius 3 is 2.56 bits per heavy atom. The second kappa shape index (κ2) is 12.3. The van der Waals surface area contributed by atoms with Gasteiger partial charge in [0.2, 0.25) is 11.8 Å². The number of hydrogen-bond acceptors (Lipinski definition) is 8. The number of ether oxygens (including phenoxy) is 3. The number of likely N-dealkylation sites (tertiary alicyclic amines) is 1. The van der Waals surface area contributed by atoms with Crippen molar-refractivity contribution in [3.63, 3.8) is 0 Å². The number of carbonyl (C=O) groups is 1. The highest BCUT2D eigenvalue weighted by atomic mass is 19.1. The molecule has 12 heteroatoms. The number of benzene rings is 2. The van der Waals surface area contributed by atoms with Crippen LogP contribution in [0.1, 0.15) is 46.6 Å². The van der Waals surface area contributed by atoms with Gasteiger partial charge in [0.15, 0.2) is 5.82 Å². The van der Waals surface area contributed by atoms with Crippen LogP contribution in [0.15, 0.2) is 48.5 Å². The summed E-state index contributed by atoms with van der Waals surface area (Å²) in [4.78, 5) is 22.7. The van der Waals surface area contributed by atoms with Gasteiger partial charge in [0.05, 0.1) is 41.9 Å². The number of rotatable bonds is 10. The highest BCUT2D eigenvalue weighted by Crippen LogP contribution is 2.27. The summed E-state index contributed by atoms with van der Waals surface area (Å²) in [5.41, 5.74) is 1.06. The fourth-order valence-corrected chi connectivity index (χ4v) is 5.29. The second-order valence-electron chi connectivity index (χ2n) is 10.7. The number of aromatic nitrogens is 3. The predicted molar refractivity (Wildman–Crippen MR) is 150 cm³/mol. The smallest absolute Gasteiger partial charge is 0.335 e. The van der Waals surface area contributed by atoms with Crippen LogP contribution >= 0.6 is 0 Å². The number of aromatic carboxylic acids is 1. The highest BCUT2D eigenvalue weighted by molar-refractivity contribution is 5.92. The van der Waals surface area contributed by atoms with Gasteiger partial charge in [-0.2, -0.15) is 10.2 Å². The third kappa shape index (κ3) is 6.43. The zero-order valence-corrected chi connectivity index (χ0v) is 23.2. The lowest BCUT2D eigenvalue weighted by Crippen LogP contribution is -2.39. The van der Waals surface area contributed by atoms with Crippen LogP contribution in [0.5, 0.6) is 11.8 Å². The van der Waals surface area contributed by atoms with Crippen LogP contribution < -0.4 is 9.47 Å². The first-order chi connectivity index (χ1) is 20.9. The van der Waals surface area contributed by atoms with E-state index >= 15 is 0 Å². The number of halogens is 2. The molecule has 222 valence electrons. The lowest BCUT2D eigenvalue weighted by molar-refractivity contribution is -0.0592. The monoisotopic (exact) mass is 589 g/mol. The molecule has 6 rings (SSSR count). The van der Waals surface area contributed by atoms with Crippen molar-refractivity contribution in [3.8, 4) is 17.8 Å². The molecule has 2 aliphatic heterocycles. The first kappa shape index (κ1) is 28.5. The van der Waals surface area contributed by atoms with Crippen molar-refractivity contribution in [1.29, 1.82) is 5.26 Å². The number of fused-ring (bicyclic) bond motifs is 1. The molecule has 0 aliphatic carbocycles. The fourth-order valence-electron chi connectivity index (χ4n) is 5.29. The Kier molecular flexibility index (Phi) is 8.18. The van der Waals surface area contributed by atoms with Crippen molar-refractivity contribution in [2.75, 3.05) is 19.7 Å². The maximum Gasteiger partial charge on any atom is 0.335 e. The van der Waals surface area contributed by atoms with Crippen molar-refractivity contribution >= 4 is 17.0 Å². The Morgan fingerprint density at radius 1 is 1.07 bits per heavy atom. The molecule has 2 fully saturated rings. The van der Waals surface area contributed by atoms with Gasteiger partial charge in [-0.05, 0) is 43.5 Å². The van der Waals surface area contributed by atoms with Gasteiger partial charge in [-0.3, -0.25) is 4.90 Å². The summed E-state index contributed by atoms with van der Waals surface area (Å²) >= 11 is 0. The number of carboxylic acids is 1. The summed E-state index contributed by atoms with van der Waals surface area (Å²) in [5, 5.41) is 18.3. The van der Waals surface area contributed by atoms with Crippen molar-refractivity contribution in [2.24, 2.45) is 0 Å². The molecule has 1 N–H and O–H groups in total. The van der Waals surface area contributed by atoms with Gasteiger partial charge in [0, 0.05) is 37.4 Å². The third-order valence-corrected chi connectivity index (χ3v) is 7.76. The molecule has 10 nitrogen and oxygen atoms in total. The number of imidazole rings is 1. The summed E-state index contributed by atoms with van der Waals surface area (Å²) in [6.07, 6.45) is 2.25. The van der Waals surface area contributed by atoms with Crippen LogP contribution in [0.2, 0.25) is 0 Å². The van der Waals surface area contributed by atoms with Crippen LogP contribution in [-0.2, 0) is 24.4 Å². The fraction of sp³-hybridized carbons (Fsp3) is 0.355. The maximum atomic E-state index is 14.8. The minimum Gasteiger partial charge on any atom is -0.478 e. The van der Waals surface area contributed by atoms with E-state index < -0.39 is 17.6 Å². The van der Waals surface area contributed by atoms with Crippen LogP contribution in [0, 0.1) is 23.0 Å². The first-order valence-corrected chi connectivity index (χ1v) is 14.1. The average molecular weight is 590 g/mol. The molecule has 0 amide bonds. The number of carboxylic acid groups (broad SMARTS) is 1. The summed E-state index contributed by atoms with van der Waals surface area (Å²) in [6, 6.07) is 13.8. The molecule has 0 spiro atoms. The number of piperidine rings is 1. The molecule has 1 atom stereocenters. The van der Waals surface area contributed by atoms with E-state index in [9.17, 15) is 18.7 Å². The molecule has 4 heterocycles. The molecular formula is C31H29F2N5O5. The minimum absolute atomic E-state index is 0.0118. The molecular weight excluding hydrogens is 560 g/mol. The van der Waals surface area contributed by atoms with Gasteiger partial charge in [-0.1, -0.05) is 12.1 Å². The van der Waals surface area contributed by atoms with E-state index in [0.29, 0.717) is 61.5 Å². The van der Waals surface area contributed by atoms with Gasteiger partial charge in [-0.15, -0.1) is 0 Å². The molecule has 2 aromatic heterocycles. The first-order valence-electron chi connectivity index (χ1n) is 14.1. The van der Waals surface area contributed by atoms with Crippen LogP contribution in [0.25, 0.3) is 11.0 Å². The molecule has 2 aromatic carbocycles. The molecule has 43 heavy (non-hydrogen) atoms. The van der Waals surface area contributed by atoms with E-state index in [1.54, 1.807) is 18.2 Å². The van der Waals surface area contributed by atoms with Crippen molar-refractivity contribution in [3.05, 3.63) is 82.7 Å². The van der Waals surface area contributed by atoms with Gasteiger partial charge in [0.1, 0.15) is 29.9 Å². The summed E-state index contributed by atoms with van der Waals surface area (Å²) in [6.45, 7) is 3.02. The van der Waals surface area contributed by atoms with Gasteiger partial charge < -0.3 is 23.9 Å². The molecule has 4 aromatic rings. The molecule has 2 aliphatic rings. The molecule has 2 saturated heterocycles. The van der Waals surface area contributed by atoms with Crippen LogP contribution in [0.3, 0.4) is 0 Å². The SMILES string of the molecule is N#Cc1ccc(COc2cccc(OC3CCN(Cc4nc5c(F)cc(C(=O)O)cc5n4C[C@@H]4CCO4)CC3)n2)c(F)c1. The number of pyridine rings is 1. The topological polar surface area (TPSA) is 123 Å². The Labute approximate surface area is 246 Å². The Bertz CT molecular complexity index is 1690. The van der Waals surface area contributed by atoms with E-state index in [0.717, 1.165) is 25.3 Å². The Morgan fingerprint density at radius 2 is 1.86 bits per heavy atom. The Balaban J connectivity index is 1.07. The van der Waals surface area contributed by atoms with E-state index in [2.05, 4.69) is 14.9 Å². The van der Waals surface area contributed by atoms with Crippen molar-refractivity contribution < 1.29 is 32.9 Å². The summed E-state index contributed by atoms with van der Waals surface area (Å²) in [5.74, 6) is -0.993. The molecule has 0 radical (unpaired) electrons. The predicted octanol–water partition coefficient (Wildman–Crippen LogP) is 4.69. The van der Waals surface area contributed by atoms with E-state index in [1.807, 2.05) is 10.6 Å². The zero-order valence-electron chi connectivity index (χ0n) is 23.2. The second-order valence-corrected chi connectivity index (χ2v) is 10.7. The summed E-state index contributed by atoms with van der Waals surface area (Å²) in [7, 11) is 0. The molecule has 0 unspecified atom stereocenters. The van der Waals surface area contributed by atoms with Crippen molar-refractivity contribution in [1.82, 2.24) is 19.4 Å². The van der Waals surface area contributed by atoms with E-state index in [4.69, 9.17) is 19.5 Å². The normalized spacial score (nSPS) is 17.4. The van der Waals surface area contributed by atoms with Crippen LogP contribution in [-0.4, -0.2) is 62.4 Å². The molecule has 0 bridgehead atoms. The lowest BCUT2D eigenvalue weighted by Gasteiger charge is -2.32. The maximum absolute atomic E-state index is 14.8. The number of nitrogens with zero attached hydrogens (tertiary/aromatic N) is 5. The summed E-state index contributed by atoms with van der Waals surface area (Å²) < 4.78 is 48.3. The van der Waals surface area contributed by atoms with Gasteiger partial charge in [0.25, 0.3) is 0 Å². The largest absolute Gasteiger partial charge is 0.478 e. The highest BCUT2D eigenvalue weighted by Gasteiger charge is 2.27. The van der Waals surface area contributed by atoms with E-state index in [-0.39, 0.29) is 35.5 Å². The van der Waals surface area contributed by atoms with Crippen molar-refractivity contribution in [2.45, 2.75) is 51.2 Å². The third-order valence-electron chi connectivity index (χ3n) is 7.76. The van der Waals surface area contributed by atoms with Gasteiger partial charge >= 0.3 is 5.97 Å².